The summed E-state index contributed by atoms with van der Waals surface area (Å²) >= 11 is 0. The van der Waals surface area contributed by atoms with E-state index in [-0.39, 0.29) is 19.8 Å². The van der Waals surface area contributed by atoms with Gasteiger partial charge in [0.2, 0.25) is 15.9 Å². The maximum absolute atomic E-state index is 13.4. The fraction of sp³-hybridized carbons (Fsp3) is 0.300. The molecule has 0 aromatic heterocycles. The number of carbonyl (C=O) groups is 1. The summed E-state index contributed by atoms with van der Waals surface area (Å²) in [5.41, 5.74) is 9.50. The van der Waals surface area contributed by atoms with E-state index < -0.39 is 38.1 Å². The standard InChI is InChI=1S/C10H13F2N3O4S/c11-6-3-7(12)9(4-8(6)13)20(17,18)15-1-2-19-5-10(14)16/h3-4,15H,1-2,5,13H2,(H2,14,16). The van der Waals surface area contributed by atoms with Gasteiger partial charge in [-0.2, -0.15) is 0 Å². The lowest BCUT2D eigenvalue weighted by molar-refractivity contribution is -0.122. The van der Waals surface area contributed by atoms with E-state index in [0.717, 1.165) is 0 Å². The summed E-state index contributed by atoms with van der Waals surface area (Å²) in [6.07, 6.45) is 0. The highest BCUT2D eigenvalue weighted by Gasteiger charge is 2.20. The van der Waals surface area contributed by atoms with Crippen molar-refractivity contribution in [2.24, 2.45) is 5.73 Å². The predicted molar refractivity (Wildman–Crippen MR) is 66.0 cm³/mol. The highest BCUT2D eigenvalue weighted by molar-refractivity contribution is 7.89. The Kier molecular flexibility index (Phi) is 5.36. The number of nitrogen functional groups attached to an aromatic ring is 1. The molecule has 7 nitrogen and oxygen atoms in total. The molecule has 1 amide bonds. The van der Waals surface area contributed by atoms with E-state index >= 15 is 0 Å². The molecule has 0 heterocycles. The minimum absolute atomic E-state index is 0.138. The third kappa shape index (κ3) is 4.40. The molecule has 10 heteroatoms. The monoisotopic (exact) mass is 309 g/mol. The van der Waals surface area contributed by atoms with Crippen molar-refractivity contribution >= 4 is 21.6 Å². The first-order chi connectivity index (χ1) is 9.24. The Morgan fingerprint density at radius 1 is 1.30 bits per heavy atom. The van der Waals surface area contributed by atoms with Crippen LogP contribution >= 0.6 is 0 Å². The number of anilines is 1. The first-order valence-corrected chi connectivity index (χ1v) is 6.82. The van der Waals surface area contributed by atoms with Gasteiger partial charge < -0.3 is 16.2 Å². The topological polar surface area (TPSA) is 125 Å². The molecule has 0 fully saturated rings. The summed E-state index contributed by atoms with van der Waals surface area (Å²) < 4.78 is 56.5. The second kappa shape index (κ2) is 6.59. The van der Waals surface area contributed by atoms with Gasteiger partial charge in [0.05, 0.1) is 12.3 Å². The molecule has 0 aliphatic heterocycles. The normalized spacial score (nSPS) is 11.5. The average Bonchev–Trinajstić information content (AvgIpc) is 2.32. The summed E-state index contributed by atoms with van der Waals surface area (Å²) in [4.78, 5) is 9.58. The molecular formula is C10H13F2N3O4S. The number of nitrogens with two attached hydrogens (primary N) is 2. The van der Waals surface area contributed by atoms with E-state index in [1.807, 2.05) is 4.72 Å². The summed E-state index contributed by atoms with van der Waals surface area (Å²) in [7, 11) is -4.20. The van der Waals surface area contributed by atoms with Crippen molar-refractivity contribution < 1.29 is 26.7 Å². The van der Waals surface area contributed by atoms with Crippen LogP contribution in [0.5, 0.6) is 0 Å². The molecule has 20 heavy (non-hydrogen) atoms. The molecule has 0 aliphatic rings. The summed E-state index contributed by atoms with van der Waals surface area (Å²) in [5.74, 6) is -3.02. The predicted octanol–water partition coefficient (Wildman–Crippen LogP) is -0.673. The molecule has 0 radical (unpaired) electrons. The van der Waals surface area contributed by atoms with Crippen LogP contribution in [0.4, 0.5) is 14.5 Å². The van der Waals surface area contributed by atoms with E-state index in [2.05, 4.69) is 0 Å². The van der Waals surface area contributed by atoms with Crippen LogP contribution in [0.3, 0.4) is 0 Å². The van der Waals surface area contributed by atoms with Crippen LogP contribution in [0.1, 0.15) is 0 Å². The Bertz CT molecular complexity index is 607. The number of halogens is 2. The minimum atomic E-state index is -4.20. The molecule has 0 saturated carbocycles. The number of carbonyl (C=O) groups excluding carboxylic acids is 1. The summed E-state index contributed by atoms with van der Waals surface area (Å²) in [6.45, 7) is -0.716. The highest BCUT2D eigenvalue weighted by atomic mass is 32.2. The molecule has 1 aromatic rings. The molecule has 0 saturated heterocycles. The highest BCUT2D eigenvalue weighted by Crippen LogP contribution is 2.20. The van der Waals surface area contributed by atoms with Gasteiger partial charge in [0.25, 0.3) is 0 Å². The van der Waals surface area contributed by atoms with E-state index in [0.29, 0.717) is 12.1 Å². The van der Waals surface area contributed by atoms with Gasteiger partial charge >= 0.3 is 0 Å². The van der Waals surface area contributed by atoms with E-state index in [9.17, 15) is 22.0 Å². The molecule has 0 aliphatic carbocycles. The van der Waals surface area contributed by atoms with Crippen molar-refractivity contribution in [2.75, 3.05) is 25.5 Å². The first-order valence-electron chi connectivity index (χ1n) is 5.34. The van der Waals surface area contributed by atoms with Crippen LogP contribution in [-0.4, -0.2) is 34.1 Å². The lowest BCUT2D eigenvalue weighted by Crippen LogP contribution is -2.29. The molecule has 112 valence electrons. The van der Waals surface area contributed by atoms with Crippen molar-refractivity contribution in [1.29, 1.82) is 0 Å². The molecule has 1 aromatic carbocycles. The molecule has 0 atom stereocenters. The minimum Gasteiger partial charge on any atom is -0.396 e. The lowest BCUT2D eigenvalue weighted by Gasteiger charge is -2.09. The van der Waals surface area contributed by atoms with Gasteiger partial charge in [-0.25, -0.2) is 21.9 Å². The van der Waals surface area contributed by atoms with Crippen LogP contribution in [0, 0.1) is 11.6 Å². The van der Waals surface area contributed by atoms with Gasteiger partial charge in [0.1, 0.15) is 23.1 Å². The number of rotatable bonds is 7. The average molecular weight is 309 g/mol. The van der Waals surface area contributed by atoms with Crippen LogP contribution in [0.25, 0.3) is 0 Å². The second-order valence-corrected chi connectivity index (χ2v) is 5.46. The second-order valence-electron chi connectivity index (χ2n) is 3.72. The van der Waals surface area contributed by atoms with Crippen molar-refractivity contribution in [2.45, 2.75) is 4.90 Å². The Morgan fingerprint density at radius 3 is 2.55 bits per heavy atom. The number of nitrogens with one attached hydrogen (secondary N) is 1. The number of hydrogen-bond acceptors (Lipinski definition) is 5. The number of amides is 1. The van der Waals surface area contributed by atoms with Crippen LogP contribution in [0.2, 0.25) is 0 Å². The quantitative estimate of drug-likeness (QED) is 0.455. The zero-order valence-corrected chi connectivity index (χ0v) is 11.0. The van der Waals surface area contributed by atoms with Crippen LogP contribution in [-0.2, 0) is 19.6 Å². The lowest BCUT2D eigenvalue weighted by atomic mass is 10.3. The van der Waals surface area contributed by atoms with Crippen molar-refractivity contribution in [3.63, 3.8) is 0 Å². The fourth-order valence-electron chi connectivity index (χ4n) is 1.25. The Labute approximate surface area is 113 Å². The number of benzene rings is 1. The number of hydrogen-bond donors (Lipinski definition) is 3. The molecule has 0 bridgehead atoms. The summed E-state index contributed by atoms with van der Waals surface area (Å²) in [6, 6.07) is 1.06. The van der Waals surface area contributed by atoms with Gasteiger partial charge in [-0.05, 0) is 6.07 Å². The molecule has 0 unspecified atom stereocenters. The van der Waals surface area contributed by atoms with E-state index in [1.54, 1.807) is 0 Å². The van der Waals surface area contributed by atoms with Gasteiger partial charge in [0, 0.05) is 12.6 Å². The van der Waals surface area contributed by atoms with Gasteiger partial charge in [-0.15, -0.1) is 0 Å². The van der Waals surface area contributed by atoms with Crippen molar-refractivity contribution in [1.82, 2.24) is 4.72 Å². The SMILES string of the molecule is NC(=O)COCCNS(=O)(=O)c1cc(N)c(F)cc1F. The zero-order chi connectivity index (χ0) is 15.3. The van der Waals surface area contributed by atoms with Gasteiger partial charge in [0.15, 0.2) is 0 Å². The number of sulfonamides is 1. The Hall–Kier alpha value is -1.78. The third-order valence-corrected chi connectivity index (χ3v) is 3.60. The fourth-order valence-corrected chi connectivity index (χ4v) is 2.35. The first kappa shape index (κ1) is 16.3. The van der Waals surface area contributed by atoms with E-state index in [1.165, 1.54) is 0 Å². The number of primary amides is 1. The zero-order valence-electron chi connectivity index (χ0n) is 10.2. The summed E-state index contributed by atoms with van der Waals surface area (Å²) in [5, 5.41) is 0. The third-order valence-electron chi connectivity index (χ3n) is 2.12. The van der Waals surface area contributed by atoms with E-state index in [4.69, 9.17) is 16.2 Å². The Balaban J connectivity index is 2.70. The maximum Gasteiger partial charge on any atom is 0.243 e. The molecule has 5 N–H and O–H groups in total. The molecular weight excluding hydrogens is 296 g/mol. The van der Waals surface area contributed by atoms with Crippen LogP contribution in [0.15, 0.2) is 17.0 Å². The maximum atomic E-state index is 13.4. The molecule has 1 rings (SSSR count). The largest absolute Gasteiger partial charge is 0.396 e. The Morgan fingerprint density at radius 2 is 1.95 bits per heavy atom. The van der Waals surface area contributed by atoms with Crippen molar-refractivity contribution in [3.8, 4) is 0 Å². The van der Waals surface area contributed by atoms with Gasteiger partial charge in [-0.3, -0.25) is 4.79 Å². The molecule has 0 spiro atoms. The van der Waals surface area contributed by atoms with Crippen LogP contribution < -0.4 is 16.2 Å². The van der Waals surface area contributed by atoms with Crippen molar-refractivity contribution in [3.05, 3.63) is 23.8 Å². The smallest absolute Gasteiger partial charge is 0.243 e. The number of ether oxygens (including phenoxy) is 1. The van der Waals surface area contributed by atoms with Gasteiger partial charge in [-0.1, -0.05) is 0 Å².